The molecule has 0 heterocycles. The van der Waals surface area contributed by atoms with Crippen LogP contribution in [0.3, 0.4) is 0 Å². The summed E-state index contributed by atoms with van der Waals surface area (Å²) < 4.78 is 0. The molecule has 0 saturated heterocycles. The number of hydrogen-bond acceptors (Lipinski definition) is 3. The number of carbonyl (C=O) groups excluding carboxylic acids is 1. The Balaban J connectivity index is 2.88. The van der Waals surface area contributed by atoms with Crippen molar-refractivity contribution in [2.45, 2.75) is 19.4 Å². The number of benzene rings is 1. The number of rotatable bonds is 6. The average molecular weight is 315 g/mol. The van der Waals surface area contributed by atoms with Crippen LogP contribution in [0.5, 0.6) is 0 Å². The van der Waals surface area contributed by atoms with Gasteiger partial charge in [-0.2, -0.15) is 0 Å². The van der Waals surface area contributed by atoms with E-state index in [1.165, 1.54) is 4.90 Å². The quantitative estimate of drug-likeness (QED) is 0.842. The Hall–Kier alpha value is -1.79. The van der Waals surface area contributed by atoms with Gasteiger partial charge in [-0.1, -0.05) is 11.6 Å². The lowest BCUT2D eigenvalue weighted by molar-refractivity contribution is -0.135. The molecule has 0 aliphatic carbocycles. The summed E-state index contributed by atoms with van der Waals surface area (Å²) in [6.45, 7) is 1.52. The van der Waals surface area contributed by atoms with Crippen molar-refractivity contribution in [3.63, 3.8) is 0 Å². The van der Waals surface area contributed by atoms with E-state index in [1.807, 2.05) is 0 Å². The Kier molecular flexibility index (Phi) is 6.45. The van der Waals surface area contributed by atoms with Gasteiger partial charge in [-0.05, 0) is 37.6 Å². The maximum atomic E-state index is 12.4. The van der Waals surface area contributed by atoms with Crippen molar-refractivity contribution in [2.75, 3.05) is 25.0 Å². The summed E-state index contributed by atoms with van der Waals surface area (Å²) in [5.74, 6) is -1.11. The molecule has 0 aromatic heterocycles. The highest BCUT2D eigenvalue weighted by Gasteiger charge is 2.22. The molecule has 21 heavy (non-hydrogen) atoms. The van der Waals surface area contributed by atoms with Gasteiger partial charge in [0, 0.05) is 24.3 Å². The molecule has 1 rings (SSSR count). The largest absolute Gasteiger partial charge is 0.480 e. The second kappa shape index (κ2) is 7.85. The van der Waals surface area contributed by atoms with Crippen LogP contribution < -0.4 is 4.90 Å². The van der Waals surface area contributed by atoms with Crippen molar-refractivity contribution in [1.29, 1.82) is 0 Å². The molecule has 1 unspecified atom stereocenters. The number of urea groups is 1. The third kappa shape index (κ3) is 5.61. The number of hydrogen-bond donors (Lipinski definition) is 2. The minimum atomic E-state index is -1.11. The van der Waals surface area contributed by atoms with Crippen LogP contribution in [-0.2, 0) is 4.79 Å². The summed E-state index contributed by atoms with van der Waals surface area (Å²) in [6.07, 6.45) is -0.104. The molecule has 2 N–H and O–H groups in total. The predicted molar refractivity (Wildman–Crippen MR) is 80.8 cm³/mol. The Morgan fingerprint density at radius 3 is 2.33 bits per heavy atom. The lowest BCUT2D eigenvalue weighted by Crippen LogP contribution is -2.44. The highest BCUT2D eigenvalue weighted by atomic mass is 35.5. The van der Waals surface area contributed by atoms with Gasteiger partial charge in [0.2, 0.25) is 0 Å². The molecule has 1 atom stereocenters. The molecule has 2 amide bonds. The molecule has 1 aromatic rings. The zero-order valence-electron chi connectivity index (χ0n) is 12.0. The standard InChI is InChI=1S/C14H19ClN2O4/c1-10(18)7-8-16(2)14(21)17(9-13(19)20)12-5-3-11(15)4-6-12/h3-6,10,18H,7-9H2,1-2H3,(H,19,20). The van der Waals surface area contributed by atoms with Gasteiger partial charge in [0.25, 0.3) is 0 Å². The zero-order chi connectivity index (χ0) is 16.0. The van der Waals surface area contributed by atoms with Crippen molar-refractivity contribution >= 4 is 29.3 Å². The van der Waals surface area contributed by atoms with Gasteiger partial charge in [0.1, 0.15) is 6.54 Å². The van der Waals surface area contributed by atoms with Crippen molar-refractivity contribution in [3.8, 4) is 0 Å². The maximum absolute atomic E-state index is 12.4. The fraction of sp³-hybridized carbons (Fsp3) is 0.429. The van der Waals surface area contributed by atoms with Crippen LogP contribution in [0, 0.1) is 0 Å². The number of carboxylic acids is 1. The van der Waals surface area contributed by atoms with Crippen LogP contribution in [0.2, 0.25) is 5.02 Å². The van der Waals surface area contributed by atoms with E-state index in [-0.39, 0.29) is 0 Å². The van der Waals surface area contributed by atoms with Crippen LogP contribution >= 0.6 is 11.6 Å². The first kappa shape index (κ1) is 17.3. The zero-order valence-corrected chi connectivity index (χ0v) is 12.7. The van der Waals surface area contributed by atoms with Gasteiger partial charge in [0.15, 0.2) is 0 Å². The summed E-state index contributed by atoms with van der Waals surface area (Å²) in [5.41, 5.74) is 0.454. The monoisotopic (exact) mass is 314 g/mol. The van der Waals surface area contributed by atoms with Gasteiger partial charge in [-0.3, -0.25) is 9.69 Å². The van der Waals surface area contributed by atoms with Crippen molar-refractivity contribution in [3.05, 3.63) is 29.3 Å². The molecule has 6 nitrogen and oxygen atoms in total. The Labute approximate surface area is 128 Å². The SMILES string of the molecule is CC(O)CCN(C)C(=O)N(CC(=O)O)c1ccc(Cl)cc1. The number of aliphatic hydroxyl groups excluding tert-OH is 1. The average Bonchev–Trinajstić information content (AvgIpc) is 2.42. The van der Waals surface area contributed by atoms with Gasteiger partial charge in [0.05, 0.1) is 6.10 Å². The lowest BCUT2D eigenvalue weighted by Gasteiger charge is -2.27. The molecule has 0 saturated carbocycles. The van der Waals surface area contributed by atoms with Crippen LogP contribution in [0.25, 0.3) is 0 Å². The fourth-order valence-electron chi connectivity index (χ4n) is 1.71. The number of aliphatic carboxylic acids is 1. The Morgan fingerprint density at radius 1 is 1.29 bits per heavy atom. The first-order valence-electron chi connectivity index (χ1n) is 6.49. The molecule has 0 fully saturated rings. The number of aliphatic hydroxyl groups is 1. The van der Waals surface area contributed by atoms with E-state index in [0.717, 1.165) is 4.90 Å². The predicted octanol–water partition coefficient (Wildman–Crippen LogP) is 2.05. The van der Waals surface area contributed by atoms with Crippen LogP contribution in [-0.4, -0.2) is 53.4 Å². The Bertz CT molecular complexity index is 490. The molecule has 0 radical (unpaired) electrons. The third-order valence-electron chi connectivity index (χ3n) is 2.87. The van der Waals surface area contributed by atoms with E-state index < -0.39 is 24.6 Å². The van der Waals surface area contributed by atoms with E-state index in [2.05, 4.69) is 0 Å². The number of halogens is 1. The van der Waals surface area contributed by atoms with E-state index in [4.69, 9.17) is 16.7 Å². The second-order valence-electron chi connectivity index (χ2n) is 4.80. The molecule has 0 bridgehead atoms. The van der Waals surface area contributed by atoms with Gasteiger partial charge < -0.3 is 15.1 Å². The van der Waals surface area contributed by atoms with Crippen LogP contribution in [0.4, 0.5) is 10.5 Å². The summed E-state index contributed by atoms with van der Waals surface area (Å²) in [4.78, 5) is 25.8. The van der Waals surface area contributed by atoms with E-state index in [0.29, 0.717) is 23.7 Å². The minimum absolute atomic E-state index is 0.334. The molecule has 7 heteroatoms. The van der Waals surface area contributed by atoms with Gasteiger partial charge in [-0.15, -0.1) is 0 Å². The summed E-state index contributed by atoms with van der Waals surface area (Å²) in [6, 6.07) is 5.92. The van der Waals surface area contributed by atoms with Crippen molar-refractivity contribution in [2.24, 2.45) is 0 Å². The molecule has 0 aliphatic heterocycles. The molecule has 116 valence electrons. The molecular weight excluding hydrogens is 296 g/mol. The van der Waals surface area contributed by atoms with Gasteiger partial charge in [-0.25, -0.2) is 4.79 Å². The highest BCUT2D eigenvalue weighted by molar-refractivity contribution is 6.30. The Morgan fingerprint density at radius 2 is 1.86 bits per heavy atom. The number of anilines is 1. The normalized spacial score (nSPS) is 11.8. The van der Waals surface area contributed by atoms with Crippen molar-refractivity contribution < 1.29 is 19.8 Å². The summed E-state index contributed by atoms with van der Waals surface area (Å²) >= 11 is 5.79. The van der Waals surface area contributed by atoms with E-state index >= 15 is 0 Å². The number of carboxylic acid groups (broad SMARTS) is 1. The number of amides is 2. The van der Waals surface area contributed by atoms with Gasteiger partial charge >= 0.3 is 12.0 Å². The molecular formula is C14H19ClN2O4. The molecule has 1 aromatic carbocycles. The smallest absolute Gasteiger partial charge is 0.324 e. The van der Waals surface area contributed by atoms with E-state index in [1.54, 1.807) is 38.2 Å². The molecule has 0 spiro atoms. The summed E-state index contributed by atoms with van der Waals surface area (Å²) in [5, 5.41) is 18.7. The first-order valence-corrected chi connectivity index (χ1v) is 6.87. The van der Waals surface area contributed by atoms with Crippen LogP contribution in [0.15, 0.2) is 24.3 Å². The topological polar surface area (TPSA) is 81.1 Å². The molecule has 0 aliphatic rings. The lowest BCUT2D eigenvalue weighted by atomic mass is 10.2. The third-order valence-corrected chi connectivity index (χ3v) is 3.12. The van der Waals surface area contributed by atoms with E-state index in [9.17, 15) is 14.7 Å². The minimum Gasteiger partial charge on any atom is -0.480 e. The van der Waals surface area contributed by atoms with Crippen LogP contribution in [0.1, 0.15) is 13.3 Å². The number of nitrogens with zero attached hydrogens (tertiary/aromatic N) is 2. The van der Waals surface area contributed by atoms with Crippen molar-refractivity contribution in [1.82, 2.24) is 4.90 Å². The second-order valence-corrected chi connectivity index (χ2v) is 5.23. The first-order chi connectivity index (χ1) is 9.81. The maximum Gasteiger partial charge on any atom is 0.324 e. The number of carbonyl (C=O) groups is 2. The fourth-order valence-corrected chi connectivity index (χ4v) is 1.83. The highest BCUT2D eigenvalue weighted by Crippen LogP contribution is 2.19. The summed E-state index contributed by atoms with van der Waals surface area (Å²) in [7, 11) is 1.56.